The van der Waals surface area contributed by atoms with Crippen molar-refractivity contribution in [1.82, 2.24) is 0 Å². The lowest BCUT2D eigenvalue weighted by atomic mass is 9.63. The Morgan fingerprint density at radius 3 is 2.21 bits per heavy atom. The van der Waals surface area contributed by atoms with E-state index >= 15 is 0 Å². The minimum Gasteiger partial charge on any atom is -0.276 e. The summed E-state index contributed by atoms with van der Waals surface area (Å²) in [6, 6.07) is 16.4. The average Bonchev–Trinajstić information content (AvgIpc) is 2.97. The van der Waals surface area contributed by atoms with E-state index in [4.69, 9.17) is 4.99 Å². The van der Waals surface area contributed by atoms with Gasteiger partial charge in [-0.3, -0.25) is 4.99 Å². The number of fused-ring (bicyclic) bond motifs is 3. The predicted octanol–water partition coefficient (Wildman–Crippen LogP) is 6.31. The van der Waals surface area contributed by atoms with Crippen molar-refractivity contribution >= 4 is 5.71 Å². The Labute approximate surface area is 160 Å². The molecule has 1 aliphatic carbocycles. The second-order valence-electron chi connectivity index (χ2n) is 7.97. The summed E-state index contributed by atoms with van der Waals surface area (Å²) < 4.78 is 67.7. The summed E-state index contributed by atoms with van der Waals surface area (Å²) in [7, 11) is 0. The lowest BCUT2D eigenvalue weighted by Gasteiger charge is -2.47. The maximum absolute atomic E-state index is 14.2. The van der Waals surface area contributed by atoms with Crippen molar-refractivity contribution in [1.29, 1.82) is 0 Å². The summed E-state index contributed by atoms with van der Waals surface area (Å²) in [6.07, 6.45) is -5.62. The van der Waals surface area contributed by atoms with Crippen LogP contribution in [0, 0.1) is 0 Å². The van der Waals surface area contributed by atoms with E-state index < -0.39 is 29.5 Å². The van der Waals surface area contributed by atoms with Crippen molar-refractivity contribution in [3.8, 4) is 0 Å². The molecule has 2 aromatic rings. The van der Waals surface area contributed by atoms with E-state index in [1.54, 1.807) is 19.1 Å². The van der Waals surface area contributed by atoms with Crippen LogP contribution in [0.1, 0.15) is 49.3 Å². The third kappa shape index (κ3) is 2.68. The van der Waals surface area contributed by atoms with Gasteiger partial charge in [0.05, 0.1) is 11.3 Å². The molecule has 0 radical (unpaired) electrons. The molecule has 0 N–H and O–H groups in total. The maximum atomic E-state index is 14.2. The van der Waals surface area contributed by atoms with E-state index in [1.807, 2.05) is 42.5 Å². The normalized spacial score (nSPS) is 27.1. The molecule has 0 unspecified atom stereocenters. The molecule has 1 aliphatic heterocycles. The zero-order valence-electron chi connectivity index (χ0n) is 15.4. The lowest BCUT2D eigenvalue weighted by molar-refractivity contribution is -0.290. The molecule has 1 fully saturated rings. The van der Waals surface area contributed by atoms with Crippen molar-refractivity contribution < 1.29 is 22.0 Å². The van der Waals surface area contributed by atoms with Crippen molar-refractivity contribution in [3.63, 3.8) is 0 Å². The maximum Gasteiger partial charge on any atom is 0.453 e. The molecule has 6 heteroatoms. The zero-order chi connectivity index (χ0) is 20.2. The number of nitrogens with zero attached hydrogens (tertiary/aromatic N) is 1. The van der Waals surface area contributed by atoms with Gasteiger partial charge in [0.25, 0.3) is 0 Å². The van der Waals surface area contributed by atoms with Gasteiger partial charge in [0.15, 0.2) is 0 Å². The number of aliphatic imine (C=N–C) groups is 1. The van der Waals surface area contributed by atoms with Gasteiger partial charge in [-0.15, -0.1) is 0 Å². The highest BCUT2D eigenvalue weighted by molar-refractivity contribution is 6.15. The Hall–Kier alpha value is -2.24. The van der Waals surface area contributed by atoms with Crippen LogP contribution < -0.4 is 0 Å². The van der Waals surface area contributed by atoms with Crippen molar-refractivity contribution in [2.45, 2.75) is 55.7 Å². The second kappa shape index (κ2) is 6.13. The van der Waals surface area contributed by atoms with Crippen LogP contribution in [0.15, 0.2) is 59.6 Å². The molecule has 2 aliphatic rings. The molecule has 0 bridgehead atoms. The van der Waals surface area contributed by atoms with Crippen LogP contribution in [0.2, 0.25) is 0 Å². The summed E-state index contributed by atoms with van der Waals surface area (Å²) >= 11 is 0. The number of rotatable bonds is 3. The minimum atomic E-state index is -5.59. The smallest absolute Gasteiger partial charge is 0.276 e. The van der Waals surface area contributed by atoms with E-state index in [1.165, 1.54) is 0 Å². The summed E-state index contributed by atoms with van der Waals surface area (Å²) in [4.78, 5) is 4.69. The Morgan fingerprint density at radius 1 is 0.893 bits per heavy atom. The molecule has 1 nitrogen and oxygen atoms in total. The quantitative estimate of drug-likeness (QED) is 0.542. The molecule has 2 atom stereocenters. The third-order valence-corrected chi connectivity index (χ3v) is 6.37. The second-order valence-corrected chi connectivity index (χ2v) is 7.97. The molecule has 2 aromatic carbocycles. The standard InChI is InChI=1S/C22H20F5N/c1-19-12-7-13-20(19,14-21(23,24)22(25,26)27)28-18(15-8-3-2-4-9-15)16-10-5-6-11-17(16)19/h2-6,8-11H,7,12-14H2,1H3/t19-,20+/m1/s1. The summed E-state index contributed by atoms with van der Waals surface area (Å²) in [5, 5.41) is 0. The van der Waals surface area contributed by atoms with Crippen molar-refractivity contribution in [3.05, 3.63) is 71.3 Å². The SMILES string of the molecule is C[C@]12CCC[C@@]1(CC(F)(F)C(F)(F)F)N=C(c1ccccc1)c1ccccc12. The average molecular weight is 393 g/mol. The van der Waals surface area contributed by atoms with Crippen molar-refractivity contribution in [2.24, 2.45) is 4.99 Å². The van der Waals surface area contributed by atoms with Crippen LogP contribution >= 0.6 is 0 Å². The number of hydrogen-bond donors (Lipinski definition) is 0. The molecule has 0 amide bonds. The Balaban J connectivity index is 1.95. The number of halogens is 5. The van der Waals surface area contributed by atoms with Gasteiger partial charge in [-0.05, 0) is 18.4 Å². The van der Waals surface area contributed by atoms with Gasteiger partial charge in [-0.2, -0.15) is 22.0 Å². The molecule has 0 spiro atoms. The number of hydrogen-bond acceptors (Lipinski definition) is 1. The first-order valence-corrected chi connectivity index (χ1v) is 9.29. The van der Waals surface area contributed by atoms with Crippen LogP contribution in [0.3, 0.4) is 0 Å². The Kier molecular flexibility index (Phi) is 4.18. The first-order valence-electron chi connectivity index (χ1n) is 9.29. The van der Waals surface area contributed by atoms with Crippen LogP contribution in [-0.2, 0) is 5.41 Å². The van der Waals surface area contributed by atoms with E-state index in [0.29, 0.717) is 18.6 Å². The molecule has 0 aromatic heterocycles. The fourth-order valence-electron chi connectivity index (χ4n) is 4.86. The minimum absolute atomic E-state index is 0.208. The molecule has 0 saturated heterocycles. The fourth-order valence-corrected chi connectivity index (χ4v) is 4.86. The molecule has 28 heavy (non-hydrogen) atoms. The number of benzene rings is 2. The van der Waals surface area contributed by atoms with E-state index in [2.05, 4.69) is 0 Å². The molecule has 1 heterocycles. The summed E-state index contributed by atoms with van der Waals surface area (Å²) in [5.41, 5.74) is 0.470. The summed E-state index contributed by atoms with van der Waals surface area (Å²) in [5.74, 6) is -4.80. The van der Waals surface area contributed by atoms with Gasteiger partial charge in [0, 0.05) is 23.0 Å². The highest BCUT2D eigenvalue weighted by Gasteiger charge is 2.66. The third-order valence-electron chi connectivity index (χ3n) is 6.37. The lowest BCUT2D eigenvalue weighted by Crippen LogP contribution is -2.54. The first kappa shape index (κ1) is 19.1. The zero-order valence-corrected chi connectivity index (χ0v) is 15.4. The Bertz CT molecular complexity index is 918. The van der Waals surface area contributed by atoms with Crippen LogP contribution in [-0.4, -0.2) is 23.3 Å². The highest BCUT2D eigenvalue weighted by atomic mass is 19.4. The Morgan fingerprint density at radius 2 is 1.54 bits per heavy atom. The predicted molar refractivity (Wildman–Crippen MR) is 98.1 cm³/mol. The van der Waals surface area contributed by atoms with Crippen molar-refractivity contribution in [2.75, 3.05) is 0 Å². The molecule has 1 saturated carbocycles. The van der Waals surface area contributed by atoms with Gasteiger partial charge in [-0.25, -0.2) is 0 Å². The number of alkyl halides is 5. The molecule has 148 valence electrons. The largest absolute Gasteiger partial charge is 0.453 e. The van der Waals surface area contributed by atoms with Gasteiger partial charge in [0.1, 0.15) is 0 Å². The van der Waals surface area contributed by atoms with Crippen LogP contribution in [0.25, 0.3) is 0 Å². The fraction of sp³-hybridized carbons (Fsp3) is 0.409. The van der Waals surface area contributed by atoms with E-state index in [-0.39, 0.29) is 6.42 Å². The highest BCUT2D eigenvalue weighted by Crippen LogP contribution is 2.59. The van der Waals surface area contributed by atoms with Crippen LogP contribution in [0.4, 0.5) is 22.0 Å². The van der Waals surface area contributed by atoms with Gasteiger partial charge < -0.3 is 0 Å². The van der Waals surface area contributed by atoms with E-state index in [0.717, 1.165) is 16.7 Å². The monoisotopic (exact) mass is 393 g/mol. The van der Waals surface area contributed by atoms with Gasteiger partial charge >= 0.3 is 12.1 Å². The topological polar surface area (TPSA) is 12.4 Å². The van der Waals surface area contributed by atoms with Gasteiger partial charge in [-0.1, -0.05) is 67.9 Å². The molecular weight excluding hydrogens is 373 g/mol. The van der Waals surface area contributed by atoms with Crippen LogP contribution in [0.5, 0.6) is 0 Å². The molecule has 4 rings (SSSR count). The molecular formula is C22H20F5N. The summed E-state index contributed by atoms with van der Waals surface area (Å²) in [6.45, 7) is 1.79. The first-order chi connectivity index (χ1) is 13.1. The van der Waals surface area contributed by atoms with Gasteiger partial charge in [0.2, 0.25) is 0 Å². The van der Waals surface area contributed by atoms with E-state index in [9.17, 15) is 22.0 Å².